The maximum absolute atomic E-state index is 13.8. The van der Waals surface area contributed by atoms with E-state index in [0.717, 1.165) is 31.7 Å². The second-order valence-electron chi connectivity index (χ2n) is 7.95. The van der Waals surface area contributed by atoms with Gasteiger partial charge < -0.3 is 14.8 Å². The molecule has 8 heteroatoms. The van der Waals surface area contributed by atoms with Gasteiger partial charge in [-0.05, 0) is 30.5 Å². The Hall–Kier alpha value is -2.29. The molecule has 1 aromatic heterocycles. The molecule has 0 radical (unpaired) electrons. The molecule has 7 nitrogen and oxygen atoms in total. The number of rotatable bonds is 7. The van der Waals surface area contributed by atoms with E-state index in [1.807, 2.05) is 20.8 Å². The lowest BCUT2D eigenvalue weighted by molar-refractivity contribution is 0.0463. The smallest absolute Gasteiger partial charge is 0.277 e. The number of hydrogen-bond acceptors (Lipinski definition) is 6. The standard InChI is InChI=1S/C21H29FN4O3/c1-14(2)19(27)11-25-6-8-26(9-7-25)12-20-23-18(13-29-20)21(28)24-17-10-15(3)4-5-16(17)22/h4-5,10,13-14,19,27H,6-9,11-12H2,1-3H3,(H,24,28)/t19-/m0/s1. The van der Waals surface area contributed by atoms with Gasteiger partial charge in [0.2, 0.25) is 5.89 Å². The van der Waals surface area contributed by atoms with Gasteiger partial charge in [-0.15, -0.1) is 0 Å². The third kappa shape index (κ3) is 5.85. The number of aromatic nitrogens is 1. The molecule has 0 aliphatic carbocycles. The van der Waals surface area contributed by atoms with Gasteiger partial charge in [0.25, 0.3) is 5.91 Å². The number of hydrogen-bond donors (Lipinski definition) is 2. The second-order valence-corrected chi connectivity index (χ2v) is 7.95. The molecule has 1 aliphatic heterocycles. The van der Waals surface area contributed by atoms with Gasteiger partial charge in [-0.1, -0.05) is 19.9 Å². The zero-order chi connectivity index (χ0) is 21.0. The average molecular weight is 404 g/mol. The highest BCUT2D eigenvalue weighted by molar-refractivity contribution is 6.02. The Kier molecular flexibility index (Phi) is 7.00. The van der Waals surface area contributed by atoms with Gasteiger partial charge in [0.1, 0.15) is 12.1 Å². The van der Waals surface area contributed by atoms with Crippen molar-refractivity contribution in [2.24, 2.45) is 5.92 Å². The van der Waals surface area contributed by atoms with Crippen molar-refractivity contribution in [2.75, 3.05) is 38.0 Å². The summed E-state index contributed by atoms with van der Waals surface area (Å²) in [5, 5.41) is 12.6. The summed E-state index contributed by atoms with van der Waals surface area (Å²) in [6, 6.07) is 4.53. The molecule has 0 unspecified atom stereocenters. The van der Waals surface area contributed by atoms with E-state index in [0.29, 0.717) is 19.0 Å². The minimum atomic E-state index is -0.503. The van der Waals surface area contributed by atoms with Crippen LogP contribution >= 0.6 is 0 Å². The molecule has 1 fully saturated rings. The first kappa shape index (κ1) is 21.4. The molecule has 2 N–H and O–H groups in total. The van der Waals surface area contributed by atoms with Crippen molar-refractivity contribution >= 4 is 11.6 Å². The van der Waals surface area contributed by atoms with Crippen LogP contribution in [0.3, 0.4) is 0 Å². The van der Waals surface area contributed by atoms with Gasteiger partial charge in [0.15, 0.2) is 5.69 Å². The van der Waals surface area contributed by atoms with Gasteiger partial charge in [0.05, 0.1) is 18.3 Å². The summed E-state index contributed by atoms with van der Waals surface area (Å²) in [4.78, 5) is 21.0. The second kappa shape index (κ2) is 9.47. The number of aryl methyl sites for hydroxylation is 1. The topological polar surface area (TPSA) is 81.8 Å². The fourth-order valence-corrected chi connectivity index (χ4v) is 3.21. The number of halogens is 1. The average Bonchev–Trinajstić information content (AvgIpc) is 3.15. The number of carbonyl (C=O) groups excluding carboxylic acids is 1. The van der Waals surface area contributed by atoms with Crippen molar-refractivity contribution in [3.63, 3.8) is 0 Å². The van der Waals surface area contributed by atoms with Gasteiger partial charge in [-0.3, -0.25) is 14.6 Å². The largest absolute Gasteiger partial charge is 0.447 e. The predicted molar refractivity (Wildman–Crippen MR) is 108 cm³/mol. The molecule has 1 atom stereocenters. The summed E-state index contributed by atoms with van der Waals surface area (Å²) in [6.45, 7) is 10.5. The predicted octanol–water partition coefficient (Wildman–Crippen LogP) is 2.51. The number of amides is 1. The molecule has 29 heavy (non-hydrogen) atoms. The van der Waals surface area contributed by atoms with E-state index in [-0.39, 0.29) is 23.4 Å². The Morgan fingerprint density at radius 1 is 1.28 bits per heavy atom. The number of nitrogens with zero attached hydrogens (tertiary/aromatic N) is 3. The lowest BCUT2D eigenvalue weighted by atomic mass is 10.1. The number of benzene rings is 1. The maximum Gasteiger partial charge on any atom is 0.277 e. The van der Waals surface area contributed by atoms with E-state index < -0.39 is 11.7 Å². The summed E-state index contributed by atoms with van der Waals surface area (Å²) in [6.07, 6.45) is 0.987. The van der Waals surface area contributed by atoms with Crippen LogP contribution in [0, 0.1) is 18.7 Å². The lowest BCUT2D eigenvalue weighted by Gasteiger charge is -2.35. The summed E-state index contributed by atoms with van der Waals surface area (Å²) in [7, 11) is 0. The van der Waals surface area contributed by atoms with Gasteiger partial charge in [-0.2, -0.15) is 0 Å². The minimum absolute atomic E-state index is 0.124. The van der Waals surface area contributed by atoms with Crippen LogP contribution in [0.1, 0.15) is 35.8 Å². The van der Waals surface area contributed by atoms with Crippen LogP contribution in [-0.4, -0.2) is 64.6 Å². The number of oxazole rings is 1. The first-order chi connectivity index (χ1) is 13.8. The Morgan fingerprint density at radius 3 is 2.66 bits per heavy atom. The Morgan fingerprint density at radius 2 is 1.97 bits per heavy atom. The molecular formula is C21H29FN4O3. The van der Waals surface area contributed by atoms with E-state index in [2.05, 4.69) is 20.1 Å². The summed E-state index contributed by atoms with van der Waals surface area (Å²) >= 11 is 0. The van der Waals surface area contributed by atoms with E-state index in [1.165, 1.54) is 12.3 Å². The molecule has 3 rings (SSSR count). The number of aliphatic hydroxyl groups excluding tert-OH is 1. The fraction of sp³-hybridized carbons (Fsp3) is 0.524. The zero-order valence-electron chi connectivity index (χ0n) is 17.2. The maximum atomic E-state index is 13.8. The monoisotopic (exact) mass is 404 g/mol. The minimum Gasteiger partial charge on any atom is -0.447 e. The van der Waals surface area contributed by atoms with Crippen molar-refractivity contribution < 1.29 is 18.7 Å². The van der Waals surface area contributed by atoms with Crippen molar-refractivity contribution in [2.45, 2.75) is 33.4 Å². The molecular weight excluding hydrogens is 375 g/mol. The van der Waals surface area contributed by atoms with Crippen molar-refractivity contribution in [1.29, 1.82) is 0 Å². The van der Waals surface area contributed by atoms with E-state index in [4.69, 9.17) is 4.42 Å². The first-order valence-electron chi connectivity index (χ1n) is 9.96. The number of nitrogens with one attached hydrogen (secondary N) is 1. The highest BCUT2D eigenvalue weighted by Crippen LogP contribution is 2.17. The summed E-state index contributed by atoms with van der Waals surface area (Å²) in [5.41, 5.74) is 1.10. The lowest BCUT2D eigenvalue weighted by Crippen LogP contribution is -2.48. The molecule has 1 amide bonds. The van der Waals surface area contributed by atoms with Crippen LogP contribution < -0.4 is 5.32 Å². The zero-order valence-corrected chi connectivity index (χ0v) is 17.2. The van der Waals surface area contributed by atoms with Crippen LogP contribution in [0.5, 0.6) is 0 Å². The number of piperazine rings is 1. The Labute approximate surface area is 170 Å². The first-order valence-corrected chi connectivity index (χ1v) is 9.96. The van der Waals surface area contributed by atoms with Crippen LogP contribution in [-0.2, 0) is 6.54 Å². The number of anilines is 1. The molecule has 0 saturated carbocycles. The van der Waals surface area contributed by atoms with E-state index in [1.54, 1.807) is 12.1 Å². The van der Waals surface area contributed by atoms with E-state index >= 15 is 0 Å². The van der Waals surface area contributed by atoms with Crippen LogP contribution in [0.4, 0.5) is 10.1 Å². The van der Waals surface area contributed by atoms with Crippen LogP contribution in [0.2, 0.25) is 0 Å². The van der Waals surface area contributed by atoms with Crippen molar-refractivity contribution in [3.8, 4) is 0 Å². The van der Waals surface area contributed by atoms with Gasteiger partial charge in [-0.25, -0.2) is 9.37 Å². The Balaban J connectivity index is 1.50. The molecule has 2 aromatic rings. The van der Waals surface area contributed by atoms with E-state index in [9.17, 15) is 14.3 Å². The number of carbonyl (C=O) groups is 1. The van der Waals surface area contributed by atoms with Crippen molar-refractivity contribution in [1.82, 2.24) is 14.8 Å². The van der Waals surface area contributed by atoms with Crippen molar-refractivity contribution in [3.05, 3.63) is 47.4 Å². The van der Waals surface area contributed by atoms with Gasteiger partial charge in [0, 0.05) is 32.7 Å². The number of aliphatic hydroxyl groups is 1. The summed E-state index contributed by atoms with van der Waals surface area (Å²) < 4.78 is 19.3. The molecule has 0 bridgehead atoms. The highest BCUT2D eigenvalue weighted by Gasteiger charge is 2.22. The fourth-order valence-electron chi connectivity index (χ4n) is 3.21. The third-order valence-electron chi connectivity index (χ3n) is 5.19. The summed E-state index contributed by atoms with van der Waals surface area (Å²) in [5.74, 6) is -0.293. The molecule has 1 aromatic carbocycles. The normalized spacial score (nSPS) is 16.9. The number of β-amino-alcohol motifs (C(OH)–C–C–N with tert-alkyl or cyclic N) is 1. The molecule has 0 spiro atoms. The molecule has 1 aliphatic rings. The third-order valence-corrected chi connectivity index (χ3v) is 5.19. The highest BCUT2D eigenvalue weighted by atomic mass is 19.1. The Bertz CT molecular complexity index is 831. The van der Waals surface area contributed by atoms with Crippen LogP contribution in [0.25, 0.3) is 0 Å². The van der Waals surface area contributed by atoms with Crippen LogP contribution in [0.15, 0.2) is 28.9 Å². The van der Waals surface area contributed by atoms with Gasteiger partial charge >= 0.3 is 0 Å². The molecule has 158 valence electrons. The SMILES string of the molecule is Cc1ccc(F)c(NC(=O)c2coc(CN3CCN(C[C@H](O)C(C)C)CC3)n2)c1. The quantitative estimate of drug-likeness (QED) is 0.738. The molecule has 2 heterocycles. The molecule has 1 saturated heterocycles.